The SMILES string of the molecule is CCS(=O)(=O)Nc1cccc(Oc2cc(F)cc(Nc3ccc(I)cc3F)c2NS(=O)(=O)C2(CCO)CC2)c1. The molecule has 0 unspecified atom stereocenters. The van der Waals surface area contributed by atoms with Gasteiger partial charge in [0.2, 0.25) is 20.0 Å². The van der Waals surface area contributed by atoms with Crippen LogP contribution in [0, 0.1) is 15.2 Å². The normalized spacial score (nSPS) is 14.5. The fourth-order valence-electron chi connectivity index (χ4n) is 3.84. The van der Waals surface area contributed by atoms with E-state index in [9.17, 15) is 30.7 Å². The quantitative estimate of drug-likeness (QED) is 0.184. The van der Waals surface area contributed by atoms with Gasteiger partial charge in [0.05, 0.1) is 27.6 Å². The van der Waals surface area contributed by atoms with Crippen molar-refractivity contribution >= 4 is 65.4 Å². The molecule has 0 amide bonds. The summed E-state index contributed by atoms with van der Waals surface area (Å²) in [6.45, 7) is 1.13. The molecule has 0 radical (unpaired) electrons. The Morgan fingerprint density at radius 3 is 2.38 bits per heavy atom. The summed E-state index contributed by atoms with van der Waals surface area (Å²) in [5.74, 6) is -1.77. The summed E-state index contributed by atoms with van der Waals surface area (Å²) in [5.41, 5.74) is -0.138. The molecule has 9 nitrogen and oxygen atoms in total. The van der Waals surface area contributed by atoms with Gasteiger partial charge in [-0.2, -0.15) is 0 Å². The topological polar surface area (TPSA) is 134 Å². The first kappa shape index (κ1) is 29.3. The third-order valence-corrected chi connectivity index (χ3v) is 10.4. The lowest BCUT2D eigenvalue weighted by atomic mass is 10.2. The summed E-state index contributed by atoms with van der Waals surface area (Å²) in [4.78, 5) is 0. The maximum absolute atomic E-state index is 14.8. The number of rotatable bonds is 12. The molecule has 4 rings (SSSR count). The van der Waals surface area contributed by atoms with E-state index in [0.29, 0.717) is 16.4 Å². The van der Waals surface area contributed by atoms with Crippen LogP contribution < -0.4 is 19.5 Å². The van der Waals surface area contributed by atoms with Gasteiger partial charge in [0.25, 0.3) is 0 Å². The molecule has 0 spiro atoms. The van der Waals surface area contributed by atoms with Crippen LogP contribution in [0.25, 0.3) is 0 Å². The third-order valence-electron chi connectivity index (χ3n) is 6.16. The van der Waals surface area contributed by atoms with Crippen LogP contribution in [-0.4, -0.2) is 39.0 Å². The standard InChI is InChI=1S/C25H26F2IN3O6S2/c1-2-38(33,34)30-18-4-3-5-19(15-18)37-23-13-16(26)12-22(29-21-7-6-17(28)14-20(21)27)24(23)31-39(35,36)25(8-9-25)10-11-32/h3-7,12-15,29-32H,2,8-11H2,1H3. The van der Waals surface area contributed by atoms with Crippen LogP contribution in [0.3, 0.4) is 0 Å². The van der Waals surface area contributed by atoms with Crippen molar-refractivity contribution in [2.45, 2.75) is 30.9 Å². The van der Waals surface area contributed by atoms with E-state index < -0.39 is 36.4 Å². The molecule has 0 saturated heterocycles. The van der Waals surface area contributed by atoms with Crippen LogP contribution in [0.5, 0.6) is 11.5 Å². The van der Waals surface area contributed by atoms with E-state index in [2.05, 4.69) is 14.8 Å². The molecule has 1 saturated carbocycles. The summed E-state index contributed by atoms with van der Waals surface area (Å²) in [5, 5.41) is 12.2. The Morgan fingerprint density at radius 2 is 1.74 bits per heavy atom. The fourth-order valence-corrected chi connectivity index (χ4v) is 6.62. The van der Waals surface area contributed by atoms with Crippen LogP contribution in [0.1, 0.15) is 26.2 Å². The molecule has 3 aromatic carbocycles. The number of aliphatic hydroxyl groups excluding tert-OH is 1. The van der Waals surface area contributed by atoms with Crippen molar-refractivity contribution in [2.24, 2.45) is 0 Å². The van der Waals surface area contributed by atoms with Gasteiger partial charge in [-0.3, -0.25) is 9.44 Å². The van der Waals surface area contributed by atoms with Crippen LogP contribution >= 0.6 is 22.6 Å². The zero-order valence-corrected chi connectivity index (χ0v) is 24.5. The highest BCUT2D eigenvalue weighted by atomic mass is 127. The number of halogens is 3. The molecular weight excluding hydrogens is 667 g/mol. The van der Waals surface area contributed by atoms with E-state index in [-0.39, 0.29) is 53.0 Å². The first-order valence-corrected chi connectivity index (χ1v) is 16.1. The van der Waals surface area contributed by atoms with E-state index in [0.717, 1.165) is 12.1 Å². The summed E-state index contributed by atoms with van der Waals surface area (Å²) in [6, 6.07) is 12.1. The Hall–Kier alpha value is -2.69. The molecule has 4 N–H and O–H groups in total. The molecule has 0 heterocycles. The maximum atomic E-state index is 14.8. The van der Waals surface area contributed by atoms with E-state index in [4.69, 9.17) is 4.74 Å². The lowest BCUT2D eigenvalue weighted by Crippen LogP contribution is -2.31. The number of hydrogen-bond donors (Lipinski definition) is 4. The number of aliphatic hydroxyl groups is 1. The molecule has 210 valence electrons. The van der Waals surface area contributed by atoms with Crippen LogP contribution in [0.2, 0.25) is 0 Å². The van der Waals surface area contributed by atoms with E-state index in [1.54, 1.807) is 6.07 Å². The van der Waals surface area contributed by atoms with Crippen LogP contribution in [-0.2, 0) is 20.0 Å². The van der Waals surface area contributed by atoms with Gasteiger partial charge >= 0.3 is 0 Å². The summed E-state index contributed by atoms with van der Waals surface area (Å²) < 4.78 is 90.3. The predicted octanol–water partition coefficient (Wildman–Crippen LogP) is 5.52. The van der Waals surface area contributed by atoms with Gasteiger partial charge in [-0.1, -0.05) is 6.07 Å². The van der Waals surface area contributed by atoms with Crippen LogP contribution in [0.4, 0.5) is 31.5 Å². The minimum atomic E-state index is -4.10. The number of anilines is 4. The minimum Gasteiger partial charge on any atom is -0.455 e. The molecular formula is C25H26F2IN3O6S2. The van der Waals surface area contributed by atoms with Crippen LogP contribution in [0.15, 0.2) is 54.6 Å². The second-order valence-electron chi connectivity index (χ2n) is 8.97. The zero-order chi connectivity index (χ0) is 28.4. The molecule has 0 aliphatic heterocycles. The Bertz CT molecular complexity index is 1600. The van der Waals surface area contributed by atoms with Crippen molar-refractivity contribution < 1.29 is 35.5 Å². The second kappa shape index (κ2) is 11.4. The molecule has 0 atom stereocenters. The highest BCUT2D eigenvalue weighted by Gasteiger charge is 2.54. The van der Waals surface area contributed by atoms with Crippen molar-refractivity contribution in [3.05, 3.63) is 69.8 Å². The van der Waals surface area contributed by atoms with Gasteiger partial charge in [0.15, 0.2) is 5.75 Å². The number of benzene rings is 3. The van der Waals surface area contributed by atoms with Gasteiger partial charge in [0, 0.05) is 22.3 Å². The Kier molecular flexibility index (Phi) is 8.58. The van der Waals surface area contributed by atoms with E-state index in [1.165, 1.54) is 43.3 Å². The molecule has 1 aliphatic carbocycles. The van der Waals surface area contributed by atoms with E-state index >= 15 is 0 Å². The lowest BCUT2D eigenvalue weighted by Gasteiger charge is -2.22. The lowest BCUT2D eigenvalue weighted by molar-refractivity contribution is 0.283. The predicted molar refractivity (Wildman–Crippen MR) is 155 cm³/mol. The van der Waals surface area contributed by atoms with Gasteiger partial charge in [-0.25, -0.2) is 25.6 Å². The summed E-state index contributed by atoms with van der Waals surface area (Å²) in [7, 11) is -7.69. The molecule has 1 fully saturated rings. The number of hydrogen-bond acceptors (Lipinski definition) is 7. The molecule has 1 aliphatic rings. The van der Waals surface area contributed by atoms with Crippen molar-refractivity contribution in [3.8, 4) is 11.5 Å². The second-order valence-corrected chi connectivity index (χ2v) is 14.3. The summed E-state index contributed by atoms with van der Waals surface area (Å²) in [6.07, 6.45) is 0.663. The highest BCUT2D eigenvalue weighted by molar-refractivity contribution is 14.1. The van der Waals surface area contributed by atoms with Gasteiger partial charge < -0.3 is 15.2 Å². The number of sulfonamides is 2. The molecule has 39 heavy (non-hydrogen) atoms. The molecule has 3 aromatic rings. The monoisotopic (exact) mass is 693 g/mol. The largest absolute Gasteiger partial charge is 0.455 e. The fraction of sp³-hybridized carbons (Fsp3) is 0.280. The maximum Gasteiger partial charge on any atom is 0.238 e. The molecule has 0 bridgehead atoms. The smallest absolute Gasteiger partial charge is 0.238 e. The van der Waals surface area contributed by atoms with Crippen molar-refractivity contribution in [2.75, 3.05) is 27.1 Å². The van der Waals surface area contributed by atoms with Gasteiger partial charge in [-0.05, 0) is 85.2 Å². The van der Waals surface area contributed by atoms with Gasteiger partial charge in [0.1, 0.15) is 23.1 Å². The van der Waals surface area contributed by atoms with Crippen molar-refractivity contribution in [3.63, 3.8) is 0 Å². The van der Waals surface area contributed by atoms with E-state index in [1.807, 2.05) is 22.6 Å². The third kappa shape index (κ3) is 6.91. The number of ether oxygens (including phenoxy) is 1. The Balaban J connectivity index is 1.78. The Morgan fingerprint density at radius 1 is 1.00 bits per heavy atom. The number of nitrogens with one attached hydrogen (secondary N) is 3. The highest BCUT2D eigenvalue weighted by Crippen LogP contribution is 2.49. The molecule has 0 aromatic heterocycles. The first-order valence-electron chi connectivity index (χ1n) is 11.8. The van der Waals surface area contributed by atoms with Crippen molar-refractivity contribution in [1.29, 1.82) is 0 Å². The summed E-state index contributed by atoms with van der Waals surface area (Å²) >= 11 is 1.93. The average Bonchev–Trinajstić information content (AvgIpc) is 3.65. The molecule has 14 heteroatoms. The van der Waals surface area contributed by atoms with Crippen molar-refractivity contribution in [1.82, 2.24) is 0 Å². The Labute approximate surface area is 239 Å². The van der Waals surface area contributed by atoms with Gasteiger partial charge in [-0.15, -0.1) is 0 Å². The first-order chi connectivity index (χ1) is 18.4. The zero-order valence-electron chi connectivity index (χ0n) is 20.7. The minimum absolute atomic E-state index is 0.00779. The average molecular weight is 694 g/mol.